The zero-order chi connectivity index (χ0) is 23.5. The minimum atomic E-state index is -0.307. The molecule has 0 unspecified atom stereocenters. The second-order valence-electron chi connectivity index (χ2n) is 8.10. The Kier molecular flexibility index (Phi) is 6.86. The molecule has 1 fully saturated rings. The van der Waals surface area contributed by atoms with Crippen molar-refractivity contribution in [3.05, 3.63) is 86.7 Å². The van der Waals surface area contributed by atoms with Gasteiger partial charge in [-0.1, -0.05) is 41.4 Å². The van der Waals surface area contributed by atoms with Crippen LogP contribution in [-0.4, -0.2) is 27.6 Å². The van der Waals surface area contributed by atoms with Crippen LogP contribution in [0.15, 0.2) is 48.5 Å². The second kappa shape index (κ2) is 9.81. The molecule has 8 heteroatoms. The molecule has 0 saturated heterocycles. The lowest BCUT2D eigenvalue weighted by Crippen LogP contribution is -2.25. The molecule has 0 aliphatic heterocycles. The van der Waals surface area contributed by atoms with E-state index in [0.717, 1.165) is 35.4 Å². The third-order valence-corrected chi connectivity index (χ3v) is 6.19. The highest BCUT2D eigenvalue weighted by Crippen LogP contribution is 2.24. The summed E-state index contributed by atoms with van der Waals surface area (Å²) >= 11 is 12.5. The van der Waals surface area contributed by atoms with E-state index in [0.29, 0.717) is 27.8 Å². The molecule has 1 saturated carbocycles. The van der Waals surface area contributed by atoms with Gasteiger partial charge < -0.3 is 10.6 Å². The molecule has 0 radical (unpaired) electrons. The Hall–Kier alpha value is -3.09. The van der Waals surface area contributed by atoms with Crippen molar-refractivity contribution in [1.29, 1.82) is 0 Å². The van der Waals surface area contributed by atoms with E-state index in [1.165, 1.54) is 6.08 Å². The van der Waals surface area contributed by atoms with Gasteiger partial charge in [0.05, 0.1) is 22.8 Å². The lowest BCUT2D eigenvalue weighted by molar-refractivity contribution is -0.111. The van der Waals surface area contributed by atoms with Crippen LogP contribution in [0.4, 0.5) is 5.69 Å². The number of carbonyl (C=O) groups excluding carboxylic acids is 2. The van der Waals surface area contributed by atoms with Gasteiger partial charge in [-0.15, -0.1) is 0 Å². The van der Waals surface area contributed by atoms with Gasteiger partial charge in [0.15, 0.2) is 0 Å². The first-order valence-electron chi connectivity index (χ1n) is 10.7. The van der Waals surface area contributed by atoms with Crippen molar-refractivity contribution in [3.63, 3.8) is 0 Å². The summed E-state index contributed by atoms with van der Waals surface area (Å²) < 4.78 is 1.87. The van der Waals surface area contributed by atoms with Crippen LogP contribution >= 0.6 is 23.2 Å². The fraction of sp³-hybridized carbons (Fsp3) is 0.240. The Balaban J connectivity index is 1.42. The monoisotopic (exact) mass is 482 g/mol. The molecular formula is C25H24Cl2N4O2. The molecule has 0 bridgehead atoms. The van der Waals surface area contributed by atoms with E-state index in [9.17, 15) is 9.59 Å². The Morgan fingerprint density at radius 2 is 1.88 bits per heavy atom. The lowest BCUT2D eigenvalue weighted by atomic mass is 10.1. The van der Waals surface area contributed by atoms with E-state index < -0.39 is 0 Å². The summed E-state index contributed by atoms with van der Waals surface area (Å²) in [5, 5.41) is 11.3. The van der Waals surface area contributed by atoms with Crippen LogP contribution in [0.5, 0.6) is 0 Å². The van der Waals surface area contributed by atoms with Gasteiger partial charge in [-0.3, -0.25) is 14.3 Å². The summed E-state index contributed by atoms with van der Waals surface area (Å²) in [4.78, 5) is 24.7. The number of halogens is 2. The fourth-order valence-electron chi connectivity index (χ4n) is 3.50. The summed E-state index contributed by atoms with van der Waals surface area (Å²) in [7, 11) is 0. The number of aryl methyl sites for hydroxylation is 1. The molecule has 170 valence electrons. The molecule has 1 aliphatic rings. The molecule has 2 aromatic carbocycles. The number of anilines is 1. The predicted octanol–water partition coefficient (Wildman–Crippen LogP) is 5.40. The first-order chi connectivity index (χ1) is 15.8. The van der Waals surface area contributed by atoms with E-state index in [1.807, 2.05) is 42.8 Å². The first kappa shape index (κ1) is 23.1. The molecule has 3 aromatic rings. The van der Waals surface area contributed by atoms with Crippen molar-refractivity contribution in [2.45, 2.75) is 39.3 Å². The van der Waals surface area contributed by atoms with Crippen molar-refractivity contribution >= 4 is 46.8 Å². The maximum Gasteiger partial charge on any atom is 0.253 e. The fourth-order valence-corrected chi connectivity index (χ4v) is 3.97. The maximum absolute atomic E-state index is 12.5. The molecule has 6 nitrogen and oxygen atoms in total. The largest absolute Gasteiger partial charge is 0.349 e. The number of benzene rings is 2. The number of nitrogens with zero attached hydrogens (tertiary/aromatic N) is 2. The number of hydrogen-bond acceptors (Lipinski definition) is 3. The molecule has 1 aliphatic carbocycles. The van der Waals surface area contributed by atoms with E-state index in [2.05, 4.69) is 15.7 Å². The molecule has 2 amide bonds. The summed E-state index contributed by atoms with van der Waals surface area (Å²) in [6.07, 6.45) is 5.21. The number of rotatable bonds is 7. The molecule has 0 atom stereocenters. The highest BCUT2D eigenvalue weighted by molar-refractivity contribution is 6.34. The number of amides is 2. The van der Waals surface area contributed by atoms with Gasteiger partial charge in [-0.25, -0.2) is 0 Å². The van der Waals surface area contributed by atoms with Crippen molar-refractivity contribution in [2.75, 3.05) is 5.32 Å². The average Bonchev–Trinajstić information content (AvgIpc) is 3.54. The number of carbonyl (C=O) groups is 2. The van der Waals surface area contributed by atoms with Crippen LogP contribution in [0.2, 0.25) is 10.0 Å². The molecule has 2 N–H and O–H groups in total. The average molecular weight is 483 g/mol. The van der Waals surface area contributed by atoms with Gasteiger partial charge in [0.25, 0.3) is 5.91 Å². The standard InChI is InChI=1S/C25H24Cl2N4O2/c1-15-20(16(2)31(30-15)14-17-5-3-4-6-22(17)26)11-12-24(32)28-19-9-10-21(23(27)13-19)25(33)29-18-7-8-18/h3-6,9-13,18H,7-8,14H2,1-2H3,(H,28,32)(H,29,33). The Morgan fingerprint density at radius 3 is 2.58 bits per heavy atom. The summed E-state index contributed by atoms with van der Waals surface area (Å²) in [5.74, 6) is -0.501. The zero-order valence-corrected chi connectivity index (χ0v) is 19.9. The van der Waals surface area contributed by atoms with Crippen molar-refractivity contribution in [2.24, 2.45) is 0 Å². The maximum atomic E-state index is 12.5. The summed E-state index contributed by atoms with van der Waals surface area (Å²) in [6.45, 7) is 4.41. The number of nitrogens with one attached hydrogen (secondary N) is 2. The van der Waals surface area contributed by atoms with Gasteiger partial charge in [-0.05, 0) is 62.6 Å². The van der Waals surface area contributed by atoms with Crippen LogP contribution < -0.4 is 10.6 Å². The molecule has 33 heavy (non-hydrogen) atoms. The number of hydrogen-bond donors (Lipinski definition) is 2. The van der Waals surface area contributed by atoms with Crippen molar-refractivity contribution in [1.82, 2.24) is 15.1 Å². The molecular weight excluding hydrogens is 459 g/mol. The highest BCUT2D eigenvalue weighted by atomic mass is 35.5. The van der Waals surface area contributed by atoms with E-state index in [4.69, 9.17) is 23.2 Å². The van der Waals surface area contributed by atoms with Gasteiger partial charge in [0, 0.05) is 34.1 Å². The van der Waals surface area contributed by atoms with Gasteiger partial charge in [-0.2, -0.15) is 5.10 Å². The summed E-state index contributed by atoms with van der Waals surface area (Å²) in [5.41, 5.74) is 4.52. The van der Waals surface area contributed by atoms with Crippen LogP contribution in [0.3, 0.4) is 0 Å². The van der Waals surface area contributed by atoms with E-state index in [-0.39, 0.29) is 17.9 Å². The smallest absolute Gasteiger partial charge is 0.253 e. The molecule has 1 heterocycles. The lowest BCUT2D eigenvalue weighted by Gasteiger charge is -2.08. The zero-order valence-electron chi connectivity index (χ0n) is 18.4. The SMILES string of the molecule is Cc1nn(Cc2ccccc2Cl)c(C)c1C=CC(=O)Nc1ccc(C(=O)NC2CC2)c(Cl)c1. The number of aromatic nitrogens is 2. The van der Waals surface area contributed by atoms with Gasteiger partial charge >= 0.3 is 0 Å². The Bertz CT molecular complexity index is 1250. The minimum Gasteiger partial charge on any atom is -0.349 e. The highest BCUT2D eigenvalue weighted by Gasteiger charge is 2.24. The van der Waals surface area contributed by atoms with Crippen LogP contribution in [0.25, 0.3) is 6.08 Å². The van der Waals surface area contributed by atoms with Crippen LogP contribution in [0.1, 0.15) is 45.7 Å². The second-order valence-corrected chi connectivity index (χ2v) is 8.91. The Labute approximate surface area is 202 Å². The van der Waals surface area contributed by atoms with Gasteiger partial charge in [0.2, 0.25) is 5.91 Å². The van der Waals surface area contributed by atoms with E-state index >= 15 is 0 Å². The van der Waals surface area contributed by atoms with E-state index in [1.54, 1.807) is 24.3 Å². The third-order valence-electron chi connectivity index (χ3n) is 5.51. The van der Waals surface area contributed by atoms with Crippen molar-refractivity contribution in [3.8, 4) is 0 Å². The molecule has 0 spiro atoms. The first-order valence-corrected chi connectivity index (χ1v) is 11.4. The quantitative estimate of drug-likeness (QED) is 0.442. The summed E-state index contributed by atoms with van der Waals surface area (Å²) in [6, 6.07) is 12.8. The third kappa shape index (κ3) is 5.64. The van der Waals surface area contributed by atoms with Crippen LogP contribution in [0, 0.1) is 13.8 Å². The molecule has 4 rings (SSSR count). The van der Waals surface area contributed by atoms with Gasteiger partial charge in [0.1, 0.15) is 0 Å². The minimum absolute atomic E-state index is 0.194. The molecule has 1 aromatic heterocycles. The normalized spacial score (nSPS) is 13.3. The topological polar surface area (TPSA) is 76.0 Å². The Morgan fingerprint density at radius 1 is 1.12 bits per heavy atom. The van der Waals surface area contributed by atoms with Crippen molar-refractivity contribution < 1.29 is 9.59 Å². The predicted molar refractivity (Wildman–Crippen MR) is 132 cm³/mol. The van der Waals surface area contributed by atoms with Crippen LogP contribution in [-0.2, 0) is 11.3 Å².